The molecule has 0 atom stereocenters. The molecule has 1 aromatic rings. The van der Waals surface area contributed by atoms with Crippen LogP contribution in [0.15, 0.2) is 24.3 Å². The van der Waals surface area contributed by atoms with E-state index in [0.717, 1.165) is 0 Å². The molecule has 0 spiro atoms. The van der Waals surface area contributed by atoms with Gasteiger partial charge in [0.1, 0.15) is 5.75 Å². The highest BCUT2D eigenvalue weighted by atomic mass is 31.2. The van der Waals surface area contributed by atoms with Crippen molar-refractivity contribution in [1.82, 2.24) is 0 Å². The van der Waals surface area contributed by atoms with Crippen LogP contribution in [0.25, 0.3) is 0 Å². The number of rotatable bonds is 5. The van der Waals surface area contributed by atoms with Crippen LogP contribution in [0.2, 0.25) is 0 Å². The third kappa shape index (κ3) is 8.99. The van der Waals surface area contributed by atoms with Gasteiger partial charge < -0.3 is 14.6 Å². The average molecular weight is 387 g/mol. The van der Waals surface area contributed by atoms with Crippen LogP contribution in [0, 0.1) is 0 Å². The summed E-state index contributed by atoms with van der Waals surface area (Å²) in [5.74, 6) is -0.0835. The minimum Gasteiger partial charge on any atom is -0.395 e. The van der Waals surface area contributed by atoms with Crippen LogP contribution in [-0.4, -0.2) is 23.3 Å². The first-order valence-electron chi connectivity index (χ1n) is 7.98. The van der Waals surface area contributed by atoms with Gasteiger partial charge in [0.25, 0.3) is 0 Å². The van der Waals surface area contributed by atoms with E-state index in [9.17, 15) is 14.2 Å². The lowest BCUT2D eigenvalue weighted by Crippen LogP contribution is -2.26. The molecule has 0 saturated heterocycles. The fourth-order valence-corrected chi connectivity index (χ4v) is 3.42. The van der Waals surface area contributed by atoms with Crippen LogP contribution < -0.4 is 10.1 Å². The van der Waals surface area contributed by atoms with Crippen LogP contribution in [0.3, 0.4) is 0 Å². The Morgan fingerprint density at radius 2 is 1.38 bits per heavy atom. The van der Waals surface area contributed by atoms with E-state index in [2.05, 4.69) is 5.32 Å². The molecule has 0 unspecified atom stereocenters. The summed E-state index contributed by atoms with van der Waals surface area (Å²) in [7, 11) is -4.22. The van der Waals surface area contributed by atoms with E-state index in [1.807, 2.05) is 0 Å². The Morgan fingerprint density at radius 1 is 0.923 bits per heavy atom. The summed E-state index contributed by atoms with van der Waals surface area (Å²) in [5.41, 5.74) is -1.21. The molecule has 26 heavy (non-hydrogen) atoms. The second kappa shape index (κ2) is 8.20. The van der Waals surface area contributed by atoms with Crippen molar-refractivity contribution in [2.75, 3.05) is 5.32 Å². The number of carbonyl (C=O) groups excluding carboxylic acids is 2. The van der Waals surface area contributed by atoms with Gasteiger partial charge in [0, 0.05) is 12.6 Å². The summed E-state index contributed by atoms with van der Waals surface area (Å²) < 4.78 is 33.3. The quantitative estimate of drug-likeness (QED) is 0.436. The summed E-state index contributed by atoms with van der Waals surface area (Å²) in [5, 5.41) is 2.58. The Hall–Kier alpha value is -1.89. The zero-order chi connectivity index (χ0) is 20.2. The second-order valence-electron chi connectivity index (χ2n) is 7.50. The zero-order valence-corrected chi connectivity index (χ0v) is 17.0. The first kappa shape index (κ1) is 22.2. The molecule has 0 heterocycles. The van der Waals surface area contributed by atoms with Crippen molar-refractivity contribution in [3.05, 3.63) is 24.3 Å². The molecular formula is C17H26NO7P. The average Bonchev–Trinajstić information content (AvgIpc) is 2.34. The molecular weight excluding hydrogens is 361 g/mol. The summed E-state index contributed by atoms with van der Waals surface area (Å²) in [6, 6.07) is 5.99. The molecule has 8 nitrogen and oxygen atoms in total. The lowest BCUT2D eigenvalue weighted by molar-refractivity contribution is -0.114. The van der Waals surface area contributed by atoms with Gasteiger partial charge in [-0.1, -0.05) is 0 Å². The standard InChI is InChI=1S/C17H26NO7P/c1-12(19)18-13-8-10-14(11-9-13)22-15(20)23-26(21,24-16(2,3)4)25-17(5,6)7/h8-11H,1-7H3,(H,18,19). The maximum Gasteiger partial charge on any atom is 0.535 e. The molecule has 0 bridgehead atoms. The molecule has 1 N–H and O–H groups in total. The van der Waals surface area contributed by atoms with Crippen molar-refractivity contribution in [3.8, 4) is 5.75 Å². The maximum absolute atomic E-state index is 12.8. The first-order valence-corrected chi connectivity index (χ1v) is 9.44. The number of hydrogen-bond donors (Lipinski definition) is 1. The van der Waals surface area contributed by atoms with E-state index < -0.39 is 25.2 Å². The van der Waals surface area contributed by atoms with E-state index in [1.165, 1.54) is 19.1 Å². The molecule has 146 valence electrons. The predicted octanol–water partition coefficient (Wildman–Crippen LogP) is 4.90. The molecule has 0 radical (unpaired) electrons. The van der Waals surface area contributed by atoms with Crippen molar-refractivity contribution < 1.29 is 32.5 Å². The van der Waals surface area contributed by atoms with Crippen LogP contribution in [0.4, 0.5) is 10.5 Å². The van der Waals surface area contributed by atoms with Gasteiger partial charge >= 0.3 is 14.0 Å². The first-order chi connectivity index (χ1) is 11.7. The highest BCUT2D eigenvalue weighted by Crippen LogP contribution is 2.55. The van der Waals surface area contributed by atoms with Crippen LogP contribution in [0.5, 0.6) is 5.75 Å². The number of carbonyl (C=O) groups is 2. The largest absolute Gasteiger partial charge is 0.535 e. The van der Waals surface area contributed by atoms with E-state index in [1.54, 1.807) is 53.7 Å². The summed E-state index contributed by atoms with van der Waals surface area (Å²) in [6.07, 6.45) is -1.23. The highest BCUT2D eigenvalue weighted by molar-refractivity contribution is 7.49. The van der Waals surface area contributed by atoms with E-state index in [-0.39, 0.29) is 11.7 Å². The van der Waals surface area contributed by atoms with E-state index in [4.69, 9.17) is 18.3 Å². The summed E-state index contributed by atoms with van der Waals surface area (Å²) >= 11 is 0. The second-order valence-corrected chi connectivity index (χ2v) is 8.95. The molecule has 0 aliphatic rings. The Bertz CT molecular complexity index is 667. The van der Waals surface area contributed by atoms with Gasteiger partial charge in [-0.3, -0.25) is 13.8 Å². The van der Waals surface area contributed by atoms with E-state index >= 15 is 0 Å². The van der Waals surface area contributed by atoms with Crippen molar-refractivity contribution in [2.24, 2.45) is 0 Å². The number of phosphoric ester groups is 1. The lowest BCUT2D eigenvalue weighted by atomic mass is 10.2. The number of phosphoric acid groups is 1. The molecule has 0 aliphatic carbocycles. The Morgan fingerprint density at radius 3 is 1.77 bits per heavy atom. The minimum atomic E-state index is -4.22. The number of amides is 1. The molecule has 9 heteroatoms. The van der Waals surface area contributed by atoms with Crippen molar-refractivity contribution in [2.45, 2.75) is 59.7 Å². The molecule has 1 aromatic carbocycles. The van der Waals surface area contributed by atoms with Crippen molar-refractivity contribution in [3.63, 3.8) is 0 Å². The molecule has 1 rings (SSSR count). The number of anilines is 1. The zero-order valence-electron chi connectivity index (χ0n) is 16.1. The van der Waals surface area contributed by atoms with Crippen molar-refractivity contribution >= 4 is 25.6 Å². The van der Waals surface area contributed by atoms with Gasteiger partial charge in [0.2, 0.25) is 5.91 Å². The molecule has 0 aliphatic heterocycles. The van der Waals surface area contributed by atoms with Gasteiger partial charge in [-0.2, -0.15) is 0 Å². The van der Waals surface area contributed by atoms with Gasteiger partial charge in [-0.25, -0.2) is 9.36 Å². The van der Waals surface area contributed by atoms with Crippen LogP contribution in [-0.2, 0) is 22.9 Å². The number of ether oxygens (including phenoxy) is 1. The smallest absolute Gasteiger partial charge is 0.395 e. The molecule has 0 saturated carbocycles. The Kier molecular flexibility index (Phi) is 6.99. The van der Waals surface area contributed by atoms with Gasteiger partial charge in [-0.15, -0.1) is 0 Å². The third-order valence-electron chi connectivity index (χ3n) is 2.33. The predicted molar refractivity (Wildman–Crippen MR) is 97.1 cm³/mol. The summed E-state index contributed by atoms with van der Waals surface area (Å²) in [6.45, 7) is 11.3. The van der Waals surface area contributed by atoms with Crippen LogP contribution >= 0.6 is 7.82 Å². The monoisotopic (exact) mass is 387 g/mol. The Balaban J connectivity index is 2.83. The molecule has 1 amide bonds. The van der Waals surface area contributed by atoms with Crippen LogP contribution in [0.1, 0.15) is 48.5 Å². The Labute approximate surface area is 153 Å². The van der Waals surface area contributed by atoms with Gasteiger partial charge in [0.15, 0.2) is 0 Å². The highest BCUT2D eigenvalue weighted by Gasteiger charge is 2.40. The van der Waals surface area contributed by atoms with E-state index in [0.29, 0.717) is 5.69 Å². The SMILES string of the molecule is CC(=O)Nc1ccc(OC(=O)OP(=O)(OC(C)(C)C)OC(C)(C)C)cc1. The summed E-state index contributed by atoms with van der Waals surface area (Å²) in [4.78, 5) is 23.0. The fourth-order valence-electron chi connectivity index (χ4n) is 1.74. The lowest BCUT2D eigenvalue weighted by Gasteiger charge is -2.29. The fraction of sp³-hybridized carbons (Fsp3) is 0.529. The van der Waals surface area contributed by atoms with Gasteiger partial charge in [-0.05, 0) is 65.8 Å². The normalized spacial score (nSPS) is 12.4. The number of nitrogens with one attached hydrogen (secondary N) is 1. The number of benzene rings is 1. The molecule has 0 aromatic heterocycles. The van der Waals surface area contributed by atoms with Crippen molar-refractivity contribution in [1.29, 1.82) is 0 Å². The van der Waals surface area contributed by atoms with Gasteiger partial charge in [0.05, 0.1) is 11.2 Å². The molecule has 0 fully saturated rings. The topological polar surface area (TPSA) is 100 Å². The minimum absolute atomic E-state index is 0.141. The number of hydrogen-bond acceptors (Lipinski definition) is 7. The third-order valence-corrected chi connectivity index (χ3v) is 4.25. The maximum atomic E-state index is 12.8.